The normalized spacial score (nSPS) is 12.4. The van der Waals surface area contributed by atoms with Crippen LogP contribution in [0.5, 0.6) is 0 Å². The molecule has 0 spiro atoms. The molecule has 0 atom stereocenters. The second-order valence-electron chi connectivity index (χ2n) is 3.16. The van der Waals surface area contributed by atoms with Crippen LogP contribution in [0.4, 0.5) is 0 Å². The van der Waals surface area contributed by atoms with Gasteiger partial charge in [-0.1, -0.05) is 13.8 Å². The molecular formula is C8H14O6S. The molecule has 0 saturated heterocycles. The van der Waals surface area contributed by atoms with Crippen LogP contribution in [-0.4, -0.2) is 41.1 Å². The average molecular weight is 238 g/mol. The molecule has 2 N–H and O–H groups in total. The summed E-state index contributed by atoms with van der Waals surface area (Å²) in [6.45, 7) is 2.83. The summed E-state index contributed by atoms with van der Waals surface area (Å²) in [6.07, 6.45) is -0.289. The van der Waals surface area contributed by atoms with Crippen molar-refractivity contribution in [2.75, 3.05) is 5.75 Å². The number of hydrogen-bond donors (Lipinski definition) is 2. The Balaban J connectivity index is 5.44. The Bertz CT molecular complexity index is 351. The van der Waals surface area contributed by atoms with E-state index in [9.17, 15) is 18.0 Å². The third-order valence-electron chi connectivity index (χ3n) is 2.44. The molecule has 0 aromatic rings. The molecule has 0 aliphatic heterocycles. The molecular weight excluding hydrogens is 224 g/mol. The Morgan fingerprint density at radius 3 is 1.73 bits per heavy atom. The van der Waals surface area contributed by atoms with Crippen LogP contribution in [0, 0.1) is 0 Å². The molecule has 15 heavy (non-hydrogen) atoms. The highest BCUT2D eigenvalue weighted by Gasteiger charge is 2.48. The number of carboxylic acids is 2. The summed E-state index contributed by atoms with van der Waals surface area (Å²) in [5, 5.41) is 17.3. The first-order valence-electron chi connectivity index (χ1n) is 4.41. The third kappa shape index (κ3) is 2.47. The van der Waals surface area contributed by atoms with E-state index in [1.54, 1.807) is 0 Å². The van der Waals surface area contributed by atoms with E-state index in [0.29, 0.717) is 0 Å². The minimum Gasteiger partial charge on any atom is -0.480 e. The lowest BCUT2D eigenvalue weighted by molar-refractivity contribution is -0.140. The van der Waals surface area contributed by atoms with Crippen LogP contribution in [-0.2, 0) is 19.4 Å². The summed E-state index contributed by atoms with van der Waals surface area (Å²) in [6, 6.07) is 0. The van der Waals surface area contributed by atoms with Crippen molar-refractivity contribution in [1.29, 1.82) is 0 Å². The topological polar surface area (TPSA) is 109 Å². The van der Waals surface area contributed by atoms with Crippen molar-refractivity contribution in [3.63, 3.8) is 0 Å². The first kappa shape index (κ1) is 13.9. The van der Waals surface area contributed by atoms with Gasteiger partial charge in [-0.2, -0.15) is 0 Å². The minimum atomic E-state index is -4.18. The highest BCUT2D eigenvalue weighted by atomic mass is 32.2. The molecule has 0 unspecified atom stereocenters. The smallest absolute Gasteiger partial charge is 0.325 e. The number of carbonyl (C=O) groups is 2. The van der Waals surface area contributed by atoms with Crippen LogP contribution >= 0.6 is 0 Å². The van der Waals surface area contributed by atoms with Gasteiger partial charge in [-0.3, -0.25) is 9.59 Å². The Morgan fingerprint density at radius 1 is 1.13 bits per heavy atom. The van der Waals surface area contributed by atoms with Crippen molar-refractivity contribution >= 4 is 21.8 Å². The zero-order valence-electron chi connectivity index (χ0n) is 8.56. The van der Waals surface area contributed by atoms with Gasteiger partial charge in [0, 0.05) is 0 Å². The van der Waals surface area contributed by atoms with Crippen LogP contribution in [0.2, 0.25) is 0 Å². The van der Waals surface area contributed by atoms with Gasteiger partial charge in [0.1, 0.15) is 5.75 Å². The summed E-state index contributed by atoms with van der Waals surface area (Å²) < 4.78 is 21.2. The minimum absolute atomic E-state index is 0.144. The van der Waals surface area contributed by atoms with Crippen LogP contribution < -0.4 is 0 Å². The van der Waals surface area contributed by atoms with Gasteiger partial charge in [0.25, 0.3) is 0 Å². The lowest BCUT2D eigenvalue weighted by Crippen LogP contribution is -2.47. The highest BCUT2D eigenvalue weighted by molar-refractivity contribution is 7.94. The van der Waals surface area contributed by atoms with Gasteiger partial charge in [0.05, 0.1) is 0 Å². The van der Waals surface area contributed by atoms with Gasteiger partial charge in [-0.25, -0.2) is 8.42 Å². The van der Waals surface area contributed by atoms with Crippen molar-refractivity contribution in [2.24, 2.45) is 0 Å². The fourth-order valence-electron chi connectivity index (χ4n) is 1.43. The lowest BCUT2D eigenvalue weighted by Gasteiger charge is -2.25. The number of sulfone groups is 1. The van der Waals surface area contributed by atoms with Crippen molar-refractivity contribution in [1.82, 2.24) is 0 Å². The van der Waals surface area contributed by atoms with E-state index in [0.717, 1.165) is 0 Å². The molecule has 7 heteroatoms. The molecule has 0 radical (unpaired) electrons. The van der Waals surface area contributed by atoms with Crippen molar-refractivity contribution in [2.45, 2.75) is 31.4 Å². The molecule has 0 aliphatic carbocycles. The van der Waals surface area contributed by atoms with E-state index in [4.69, 9.17) is 10.2 Å². The van der Waals surface area contributed by atoms with Gasteiger partial charge in [-0.05, 0) is 12.8 Å². The fourth-order valence-corrected chi connectivity index (χ4v) is 3.17. The number of aliphatic carboxylic acids is 2. The second kappa shape index (κ2) is 4.61. The number of carboxylic acid groups (broad SMARTS) is 2. The van der Waals surface area contributed by atoms with Crippen LogP contribution in [0.25, 0.3) is 0 Å². The summed E-state index contributed by atoms with van der Waals surface area (Å²) in [4.78, 5) is 21.3. The Morgan fingerprint density at radius 2 is 1.53 bits per heavy atom. The second-order valence-corrected chi connectivity index (χ2v) is 5.46. The maximum Gasteiger partial charge on any atom is 0.325 e. The van der Waals surface area contributed by atoms with Gasteiger partial charge in [-0.15, -0.1) is 0 Å². The van der Waals surface area contributed by atoms with Crippen molar-refractivity contribution in [3.8, 4) is 0 Å². The maximum atomic E-state index is 11.6. The van der Waals surface area contributed by atoms with Crippen LogP contribution in [0.1, 0.15) is 26.7 Å². The fraction of sp³-hybridized carbons (Fsp3) is 0.750. The molecule has 0 aromatic carbocycles. The molecule has 0 bridgehead atoms. The highest BCUT2D eigenvalue weighted by Crippen LogP contribution is 2.27. The van der Waals surface area contributed by atoms with Crippen molar-refractivity contribution in [3.05, 3.63) is 0 Å². The SMILES string of the molecule is CCC(CC)(C(=O)O)S(=O)(=O)CC(=O)O. The van der Waals surface area contributed by atoms with E-state index in [-0.39, 0.29) is 12.8 Å². The van der Waals surface area contributed by atoms with Gasteiger partial charge >= 0.3 is 11.9 Å². The maximum absolute atomic E-state index is 11.6. The molecule has 0 heterocycles. The molecule has 0 fully saturated rings. The zero-order valence-corrected chi connectivity index (χ0v) is 9.37. The van der Waals surface area contributed by atoms with Crippen LogP contribution in [0.15, 0.2) is 0 Å². The molecule has 0 amide bonds. The Hall–Kier alpha value is -1.11. The zero-order chi connectivity index (χ0) is 12.3. The summed E-state index contributed by atoms with van der Waals surface area (Å²) >= 11 is 0. The van der Waals surface area contributed by atoms with E-state index >= 15 is 0 Å². The van der Waals surface area contributed by atoms with Crippen molar-refractivity contribution < 1.29 is 28.2 Å². The first-order valence-corrected chi connectivity index (χ1v) is 6.06. The molecule has 0 saturated carbocycles. The van der Waals surface area contributed by atoms with E-state index in [1.807, 2.05) is 0 Å². The Kier molecular flexibility index (Phi) is 4.27. The molecule has 6 nitrogen and oxygen atoms in total. The molecule has 0 aromatic heterocycles. The van der Waals surface area contributed by atoms with E-state index in [1.165, 1.54) is 13.8 Å². The Labute approximate surface area is 87.8 Å². The molecule has 88 valence electrons. The van der Waals surface area contributed by atoms with Gasteiger partial charge in [0.15, 0.2) is 14.6 Å². The predicted octanol–water partition coefficient (Wildman–Crippen LogP) is 0.129. The van der Waals surface area contributed by atoms with Crippen LogP contribution in [0.3, 0.4) is 0 Å². The van der Waals surface area contributed by atoms with E-state index in [2.05, 4.69) is 0 Å². The lowest BCUT2D eigenvalue weighted by atomic mass is 10.0. The average Bonchev–Trinajstić information content (AvgIpc) is 2.03. The predicted molar refractivity (Wildman–Crippen MR) is 52.4 cm³/mol. The standard InChI is InChI=1S/C8H14O6S/c1-3-8(4-2,7(11)12)15(13,14)5-6(9)10/h3-5H2,1-2H3,(H,9,10)(H,11,12). The summed E-state index contributed by atoms with van der Waals surface area (Å²) in [5.74, 6) is -4.18. The summed E-state index contributed by atoms with van der Waals surface area (Å²) in [5.41, 5.74) is 0. The van der Waals surface area contributed by atoms with Gasteiger partial charge < -0.3 is 10.2 Å². The largest absolute Gasteiger partial charge is 0.480 e. The summed E-state index contributed by atoms with van der Waals surface area (Å²) in [7, 11) is -4.18. The monoisotopic (exact) mass is 238 g/mol. The quantitative estimate of drug-likeness (QED) is 0.680. The number of rotatable bonds is 6. The molecule has 0 aliphatic rings. The molecule has 0 rings (SSSR count). The van der Waals surface area contributed by atoms with Gasteiger partial charge in [0.2, 0.25) is 0 Å². The van der Waals surface area contributed by atoms with E-state index < -0.39 is 32.3 Å². The number of hydrogen-bond acceptors (Lipinski definition) is 4. The first-order chi connectivity index (χ1) is 6.73. The third-order valence-corrected chi connectivity index (χ3v) is 5.01.